The third-order valence-corrected chi connectivity index (χ3v) is 2.58. The maximum absolute atomic E-state index is 5.57. The van der Waals surface area contributed by atoms with Gasteiger partial charge in [0.25, 0.3) is 0 Å². The molecule has 0 aromatic heterocycles. The fourth-order valence-electron chi connectivity index (χ4n) is 1.23. The van der Waals surface area contributed by atoms with Crippen molar-refractivity contribution in [3.63, 3.8) is 0 Å². The molecule has 0 aliphatic rings. The van der Waals surface area contributed by atoms with Gasteiger partial charge in [0, 0.05) is 6.54 Å². The average Bonchev–Trinajstić information content (AvgIpc) is 2.22. The molecule has 0 atom stereocenters. The standard InChI is InChI=1S/C12H16BrNO/c1-3-4-7-15-12-6-5-10(9-14-2)8-11(12)13/h3,5-6,8,14H,1,4,7,9H2,2H3. The summed E-state index contributed by atoms with van der Waals surface area (Å²) in [6.45, 7) is 5.19. The summed E-state index contributed by atoms with van der Waals surface area (Å²) in [5, 5.41) is 3.11. The van der Waals surface area contributed by atoms with Crippen LogP contribution in [0, 0.1) is 0 Å². The van der Waals surface area contributed by atoms with Crippen LogP contribution in [0.25, 0.3) is 0 Å². The van der Waals surface area contributed by atoms with Gasteiger partial charge in [-0.25, -0.2) is 0 Å². The normalized spacial score (nSPS) is 10.0. The molecule has 0 saturated carbocycles. The summed E-state index contributed by atoms with van der Waals surface area (Å²) in [6.07, 6.45) is 2.72. The predicted molar refractivity (Wildman–Crippen MR) is 67.2 cm³/mol. The molecule has 0 saturated heterocycles. The van der Waals surface area contributed by atoms with Gasteiger partial charge < -0.3 is 10.1 Å². The second-order valence-corrected chi connectivity index (χ2v) is 4.08. The van der Waals surface area contributed by atoms with Gasteiger partial charge in [-0.1, -0.05) is 12.1 Å². The molecular weight excluding hydrogens is 254 g/mol. The Hall–Kier alpha value is -0.800. The van der Waals surface area contributed by atoms with Crippen LogP contribution in [-0.4, -0.2) is 13.7 Å². The van der Waals surface area contributed by atoms with E-state index in [2.05, 4.69) is 40.0 Å². The van der Waals surface area contributed by atoms with Gasteiger partial charge in [-0.2, -0.15) is 0 Å². The summed E-state index contributed by atoms with van der Waals surface area (Å²) in [6, 6.07) is 6.12. The molecule has 0 spiro atoms. The molecule has 0 aliphatic carbocycles. The first-order valence-corrected chi connectivity index (χ1v) is 5.74. The van der Waals surface area contributed by atoms with E-state index in [4.69, 9.17) is 4.74 Å². The van der Waals surface area contributed by atoms with Crippen LogP contribution >= 0.6 is 15.9 Å². The molecule has 82 valence electrons. The van der Waals surface area contributed by atoms with Crippen LogP contribution in [0.3, 0.4) is 0 Å². The van der Waals surface area contributed by atoms with Crippen molar-refractivity contribution >= 4 is 15.9 Å². The maximum atomic E-state index is 5.57. The van der Waals surface area contributed by atoms with E-state index in [0.29, 0.717) is 6.61 Å². The van der Waals surface area contributed by atoms with Crippen molar-refractivity contribution < 1.29 is 4.74 Å². The zero-order valence-corrected chi connectivity index (χ0v) is 10.5. The highest BCUT2D eigenvalue weighted by Gasteiger charge is 2.01. The summed E-state index contributed by atoms with van der Waals surface area (Å²) in [7, 11) is 1.93. The molecule has 15 heavy (non-hydrogen) atoms. The zero-order valence-electron chi connectivity index (χ0n) is 8.92. The molecule has 0 aliphatic heterocycles. The van der Waals surface area contributed by atoms with Crippen LogP contribution < -0.4 is 10.1 Å². The Kier molecular flexibility index (Phi) is 5.43. The minimum Gasteiger partial charge on any atom is -0.492 e. The first-order valence-electron chi connectivity index (χ1n) is 4.94. The topological polar surface area (TPSA) is 21.3 Å². The van der Waals surface area contributed by atoms with Crippen molar-refractivity contribution in [2.24, 2.45) is 0 Å². The number of rotatable bonds is 6. The lowest BCUT2D eigenvalue weighted by molar-refractivity contribution is 0.323. The molecule has 0 amide bonds. The number of hydrogen-bond acceptors (Lipinski definition) is 2. The first-order chi connectivity index (χ1) is 7.27. The number of halogens is 1. The van der Waals surface area contributed by atoms with Gasteiger partial charge in [0.15, 0.2) is 0 Å². The minimum atomic E-state index is 0.674. The van der Waals surface area contributed by atoms with Crippen molar-refractivity contribution in [1.29, 1.82) is 0 Å². The Balaban J connectivity index is 2.61. The summed E-state index contributed by atoms with van der Waals surface area (Å²) in [4.78, 5) is 0. The molecule has 2 nitrogen and oxygen atoms in total. The van der Waals surface area contributed by atoms with Crippen molar-refractivity contribution in [3.05, 3.63) is 40.9 Å². The fraction of sp³-hybridized carbons (Fsp3) is 0.333. The second-order valence-electron chi connectivity index (χ2n) is 3.22. The van der Waals surface area contributed by atoms with Gasteiger partial charge in [-0.15, -0.1) is 6.58 Å². The molecule has 0 bridgehead atoms. The first kappa shape index (κ1) is 12.3. The smallest absolute Gasteiger partial charge is 0.133 e. The van der Waals surface area contributed by atoms with E-state index in [9.17, 15) is 0 Å². The monoisotopic (exact) mass is 269 g/mol. The highest BCUT2D eigenvalue weighted by Crippen LogP contribution is 2.26. The van der Waals surface area contributed by atoms with Crippen LogP contribution in [-0.2, 0) is 6.54 Å². The van der Waals surface area contributed by atoms with Crippen LogP contribution in [0.15, 0.2) is 35.3 Å². The van der Waals surface area contributed by atoms with E-state index in [1.165, 1.54) is 5.56 Å². The third kappa shape index (κ3) is 4.06. The predicted octanol–water partition coefficient (Wildman–Crippen LogP) is 3.12. The minimum absolute atomic E-state index is 0.674. The summed E-state index contributed by atoms with van der Waals surface area (Å²) in [5.74, 6) is 0.886. The third-order valence-electron chi connectivity index (χ3n) is 1.96. The SMILES string of the molecule is C=CCCOc1ccc(CNC)cc1Br. The highest BCUT2D eigenvalue weighted by molar-refractivity contribution is 9.10. The van der Waals surface area contributed by atoms with Gasteiger partial charge in [0.1, 0.15) is 5.75 Å². The van der Waals surface area contributed by atoms with Crippen molar-refractivity contribution in [2.75, 3.05) is 13.7 Å². The summed E-state index contributed by atoms with van der Waals surface area (Å²) < 4.78 is 6.57. The van der Waals surface area contributed by atoms with Crippen molar-refractivity contribution in [3.8, 4) is 5.75 Å². The van der Waals surface area contributed by atoms with E-state index >= 15 is 0 Å². The van der Waals surface area contributed by atoms with E-state index in [0.717, 1.165) is 23.2 Å². The van der Waals surface area contributed by atoms with Crippen LogP contribution in [0.5, 0.6) is 5.75 Å². The Morgan fingerprint density at radius 3 is 2.93 bits per heavy atom. The quantitative estimate of drug-likeness (QED) is 0.633. The summed E-state index contributed by atoms with van der Waals surface area (Å²) in [5.41, 5.74) is 1.24. The van der Waals surface area contributed by atoms with E-state index in [1.54, 1.807) is 0 Å². The lowest BCUT2D eigenvalue weighted by atomic mass is 10.2. The molecule has 1 aromatic rings. The van der Waals surface area contributed by atoms with Crippen LogP contribution in [0.2, 0.25) is 0 Å². The Morgan fingerprint density at radius 1 is 1.53 bits per heavy atom. The molecular formula is C12H16BrNO. The number of ether oxygens (including phenoxy) is 1. The molecule has 0 unspecified atom stereocenters. The lowest BCUT2D eigenvalue weighted by Crippen LogP contribution is -2.05. The number of nitrogens with one attached hydrogen (secondary N) is 1. The van der Waals surface area contributed by atoms with Gasteiger partial charge in [-0.05, 0) is 47.1 Å². The largest absolute Gasteiger partial charge is 0.492 e. The zero-order chi connectivity index (χ0) is 11.1. The number of hydrogen-bond donors (Lipinski definition) is 1. The summed E-state index contributed by atoms with van der Waals surface area (Å²) >= 11 is 3.49. The van der Waals surface area contributed by atoms with Gasteiger partial charge in [0.2, 0.25) is 0 Å². The Labute approximate surface area is 99.5 Å². The van der Waals surface area contributed by atoms with Gasteiger partial charge in [-0.3, -0.25) is 0 Å². The van der Waals surface area contributed by atoms with Crippen molar-refractivity contribution in [2.45, 2.75) is 13.0 Å². The average molecular weight is 270 g/mol. The molecule has 0 radical (unpaired) electrons. The molecule has 1 rings (SSSR count). The van der Waals surface area contributed by atoms with E-state index in [-0.39, 0.29) is 0 Å². The van der Waals surface area contributed by atoms with Gasteiger partial charge >= 0.3 is 0 Å². The van der Waals surface area contributed by atoms with E-state index < -0.39 is 0 Å². The van der Waals surface area contributed by atoms with E-state index in [1.807, 2.05) is 19.2 Å². The maximum Gasteiger partial charge on any atom is 0.133 e. The highest BCUT2D eigenvalue weighted by atomic mass is 79.9. The molecule has 1 N–H and O–H groups in total. The van der Waals surface area contributed by atoms with Crippen LogP contribution in [0.1, 0.15) is 12.0 Å². The fourth-order valence-corrected chi connectivity index (χ4v) is 1.77. The molecule has 0 fully saturated rings. The van der Waals surface area contributed by atoms with Gasteiger partial charge in [0.05, 0.1) is 11.1 Å². The lowest BCUT2D eigenvalue weighted by Gasteiger charge is -2.08. The molecule has 0 heterocycles. The van der Waals surface area contributed by atoms with Crippen molar-refractivity contribution in [1.82, 2.24) is 5.32 Å². The van der Waals surface area contributed by atoms with Crippen LogP contribution in [0.4, 0.5) is 0 Å². The second kappa shape index (κ2) is 6.64. The molecule has 1 aromatic carbocycles. The molecule has 3 heteroatoms. The Morgan fingerprint density at radius 2 is 2.33 bits per heavy atom. The number of benzene rings is 1. The Bertz CT molecular complexity index is 325.